The first-order valence-corrected chi connectivity index (χ1v) is 5.86. The highest BCUT2D eigenvalue weighted by atomic mass is 79.9. The molecule has 1 aromatic carbocycles. The van der Waals surface area contributed by atoms with E-state index >= 15 is 0 Å². The van der Waals surface area contributed by atoms with Crippen molar-refractivity contribution >= 4 is 15.9 Å². The lowest BCUT2D eigenvalue weighted by atomic mass is 9.85. The van der Waals surface area contributed by atoms with Gasteiger partial charge in [-0.2, -0.15) is 13.2 Å². The Kier molecular flexibility index (Phi) is 3.00. The van der Waals surface area contributed by atoms with Crippen molar-refractivity contribution in [2.45, 2.75) is 24.2 Å². The fourth-order valence-corrected chi connectivity index (χ4v) is 2.40. The molecule has 1 saturated carbocycles. The van der Waals surface area contributed by atoms with Gasteiger partial charge in [0.2, 0.25) is 0 Å². The summed E-state index contributed by atoms with van der Waals surface area (Å²) in [6.07, 6.45) is -5.47. The number of aliphatic hydroxyl groups excluding tert-OH is 1. The molecule has 1 fully saturated rings. The smallest absolute Gasteiger partial charge is 0.393 e. The van der Waals surface area contributed by atoms with Gasteiger partial charge in [-0.05, 0) is 24.1 Å². The Labute approximate surface area is 105 Å². The van der Waals surface area contributed by atoms with Crippen molar-refractivity contribution in [1.29, 1.82) is 0 Å². The second-order valence-electron chi connectivity index (χ2n) is 4.29. The van der Waals surface area contributed by atoms with Gasteiger partial charge in [0.1, 0.15) is 5.54 Å². The van der Waals surface area contributed by atoms with Gasteiger partial charge in [0.25, 0.3) is 0 Å². The molecule has 1 aromatic rings. The zero-order chi connectivity index (χ0) is 12.8. The Hall–Kier alpha value is -0.590. The summed E-state index contributed by atoms with van der Waals surface area (Å²) < 4.78 is 39.9. The topological polar surface area (TPSA) is 46.2 Å². The Bertz CT molecular complexity index is 437. The maximum absolute atomic E-state index is 13.1. The fraction of sp³-hybridized carbons (Fsp3) is 0.455. The summed E-state index contributed by atoms with van der Waals surface area (Å²) in [6.45, 7) is 0. The van der Waals surface area contributed by atoms with E-state index in [0.717, 1.165) is 0 Å². The minimum atomic E-state index is -4.59. The third-order valence-corrected chi connectivity index (χ3v) is 3.61. The van der Waals surface area contributed by atoms with Crippen LogP contribution in [0.25, 0.3) is 0 Å². The number of halogens is 4. The third-order valence-electron chi connectivity index (χ3n) is 3.11. The predicted molar refractivity (Wildman–Crippen MR) is 60.2 cm³/mol. The summed E-state index contributed by atoms with van der Waals surface area (Å²) >= 11 is 3.12. The first kappa shape index (κ1) is 12.9. The van der Waals surface area contributed by atoms with E-state index in [1.165, 1.54) is 18.2 Å². The first-order chi connectivity index (χ1) is 7.76. The molecule has 0 spiro atoms. The third kappa shape index (κ3) is 2.09. The molecule has 17 heavy (non-hydrogen) atoms. The normalized spacial score (nSPS) is 27.6. The van der Waals surface area contributed by atoms with E-state index in [1.54, 1.807) is 6.07 Å². The van der Waals surface area contributed by atoms with Gasteiger partial charge in [0.15, 0.2) is 0 Å². The zero-order valence-corrected chi connectivity index (χ0v) is 10.3. The molecule has 0 radical (unpaired) electrons. The second kappa shape index (κ2) is 3.96. The lowest BCUT2D eigenvalue weighted by Crippen LogP contribution is -2.53. The molecule has 3 N–H and O–H groups in total. The van der Waals surface area contributed by atoms with Gasteiger partial charge in [-0.3, -0.25) is 0 Å². The van der Waals surface area contributed by atoms with Crippen molar-refractivity contribution in [2.24, 2.45) is 11.7 Å². The van der Waals surface area contributed by atoms with Gasteiger partial charge in [0.05, 0.1) is 6.10 Å². The molecule has 1 aliphatic carbocycles. The molecule has 0 aliphatic heterocycles. The Morgan fingerprint density at radius 1 is 1.35 bits per heavy atom. The summed E-state index contributed by atoms with van der Waals surface area (Å²) in [4.78, 5) is 0. The Morgan fingerprint density at radius 2 is 1.94 bits per heavy atom. The minimum Gasteiger partial charge on any atom is -0.393 e. The summed E-state index contributed by atoms with van der Waals surface area (Å²) in [5, 5.41) is 9.26. The van der Waals surface area contributed by atoms with E-state index < -0.39 is 23.7 Å². The molecular formula is C11H11BrF3NO. The van der Waals surface area contributed by atoms with Crippen LogP contribution in [0.1, 0.15) is 12.0 Å². The number of benzene rings is 1. The van der Waals surface area contributed by atoms with Crippen LogP contribution < -0.4 is 5.73 Å². The molecule has 0 aromatic heterocycles. The van der Waals surface area contributed by atoms with E-state index in [2.05, 4.69) is 15.9 Å². The number of nitrogens with two attached hydrogens (primary N) is 1. The highest BCUT2D eigenvalue weighted by Gasteiger charge is 2.64. The molecule has 0 saturated heterocycles. The lowest BCUT2D eigenvalue weighted by Gasteiger charge is -2.32. The van der Waals surface area contributed by atoms with Crippen molar-refractivity contribution in [2.75, 3.05) is 0 Å². The average molecular weight is 310 g/mol. The number of hydrogen-bond donors (Lipinski definition) is 2. The van der Waals surface area contributed by atoms with Crippen molar-refractivity contribution < 1.29 is 18.3 Å². The number of aliphatic hydroxyl groups is 1. The monoisotopic (exact) mass is 309 g/mol. The average Bonchev–Trinajstić information content (AvgIpc) is 2.93. The van der Waals surface area contributed by atoms with Crippen LogP contribution in [0.5, 0.6) is 0 Å². The molecule has 0 amide bonds. The molecule has 3 atom stereocenters. The predicted octanol–water partition coefficient (Wildman–Crippen LogP) is 2.55. The van der Waals surface area contributed by atoms with Crippen LogP contribution >= 0.6 is 15.9 Å². The summed E-state index contributed by atoms with van der Waals surface area (Å²) in [7, 11) is 0. The zero-order valence-electron chi connectivity index (χ0n) is 8.71. The molecule has 1 unspecified atom stereocenters. The van der Waals surface area contributed by atoms with Crippen LogP contribution in [-0.4, -0.2) is 17.4 Å². The van der Waals surface area contributed by atoms with Crippen LogP contribution in [0, 0.1) is 5.92 Å². The first-order valence-electron chi connectivity index (χ1n) is 5.06. The number of rotatable bonds is 2. The molecule has 0 bridgehead atoms. The van der Waals surface area contributed by atoms with Gasteiger partial charge in [-0.1, -0.05) is 28.1 Å². The number of alkyl halides is 3. The van der Waals surface area contributed by atoms with Crippen molar-refractivity contribution in [3.8, 4) is 0 Å². The SMILES string of the molecule is N[C@](c1cccc(Br)c1)([C@H]1CC1O)C(F)(F)F. The maximum atomic E-state index is 13.1. The lowest BCUT2D eigenvalue weighted by molar-refractivity contribution is -0.198. The van der Waals surface area contributed by atoms with Crippen LogP contribution in [0.3, 0.4) is 0 Å². The van der Waals surface area contributed by atoms with Gasteiger partial charge >= 0.3 is 6.18 Å². The standard InChI is InChI=1S/C11H11BrF3NO/c12-7-3-1-2-6(4-7)10(16,11(13,14)15)8-5-9(8)17/h1-4,8-9,17H,5,16H2/t8-,9?,10+/m0/s1. The molecular weight excluding hydrogens is 299 g/mol. The van der Waals surface area contributed by atoms with Gasteiger partial charge in [-0.25, -0.2) is 0 Å². The Balaban J connectivity index is 2.48. The van der Waals surface area contributed by atoms with Crippen LogP contribution in [0.2, 0.25) is 0 Å². The maximum Gasteiger partial charge on any atom is 0.410 e. The largest absolute Gasteiger partial charge is 0.410 e. The van der Waals surface area contributed by atoms with Gasteiger partial charge in [-0.15, -0.1) is 0 Å². The van der Waals surface area contributed by atoms with Crippen LogP contribution in [0.4, 0.5) is 13.2 Å². The van der Waals surface area contributed by atoms with Crippen molar-refractivity contribution in [1.82, 2.24) is 0 Å². The quantitative estimate of drug-likeness (QED) is 0.882. The number of hydrogen-bond acceptors (Lipinski definition) is 2. The van der Waals surface area contributed by atoms with Crippen LogP contribution in [-0.2, 0) is 5.54 Å². The Morgan fingerprint density at radius 3 is 2.35 bits per heavy atom. The highest BCUT2D eigenvalue weighted by Crippen LogP contribution is 2.52. The van der Waals surface area contributed by atoms with E-state index in [0.29, 0.717) is 4.47 Å². The molecule has 0 heterocycles. The van der Waals surface area contributed by atoms with E-state index in [1.807, 2.05) is 0 Å². The van der Waals surface area contributed by atoms with Crippen molar-refractivity contribution in [3.63, 3.8) is 0 Å². The van der Waals surface area contributed by atoms with Gasteiger partial charge < -0.3 is 10.8 Å². The highest BCUT2D eigenvalue weighted by molar-refractivity contribution is 9.10. The van der Waals surface area contributed by atoms with E-state index in [9.17, 15) is 18.3 Å². The molecule has 94 valence electrons. The summed E-state index contributed by atoms with van der Waals surface area (Å²) in [6, 6.07) is 5.81. The molecule has 2 rings (SSSR count). The van der Waals surface area contributed by atoms with Crippen molar-refractivity contribution in [3.05, 3.63) is 34.3 Å². The molecule has 6 heteroatoms. The van der Waals surface area contributed by atoms with Crippen LogP contribution in [0.15, 0.2) is 28.7 Å². The minimum absolute atomic E-state index is 0.0269. The summed E-state index contributed by atoms with van der Waals surface area (Å²) in [5.74, 6) is -0.961. The van der Waals surface area contributed by atoms with E-state index in [-0.39, 0.29) is 12.0 Å². The summed E-state index contributed by atoms with van der Waals surface area (Å²) in [5.41, 5.74) is 3.05. The fourth-order valence-electron chi connectivity index (χ4n) is 2.00. The molecule has 2 nitrogen and oxygen atoms in total. The van der Waals surface area contributed by atoms with E-state index in [4.69, 9.17) is 5.73 Å². The molecule has 1 aliphatic rings. The van der Waals surface area contributed by atoms with Gasteiger partial charge in [0, 0.05) is 10.4 Å². The second-order valence-corrected chi connectivity index (χ2v) is 5.20.